The number of carbonyl (C=O) groups is 1. The van der Waals surface area contributed by atoms with Gasteiger partial charge in [-0.25, -0.2) is 8.78 Å². The number of anilines is 1. The average molecular weight is 371 g/mol. The fraction of sp³-hybridized carbons (Fsp3) is 0.278. The van der Waals surface area contributed by atoms with Gasteiger partial charge in [0.1, 0.15) is 5.75 Å². The summed E-state index contributed by atoms with van der Waals surface area (Å²) in [5.41, 5.74) is -0.938. The summed E-state index contributed by atoms with van der Waals surface area (Å²) in [7, 11) is 0. The normalized spacial score (nSPS) is 16.1. The number of para-hydroxylation sites is 1. The first kappa shape index (κ1) is 18.2. The minimum Gasteiger partial charge on any atom is -0.426 e. The van der Waals surface area contributed by atoms with E-state index in [1.54, 1.807) is 18.2 Å². The van der Waals surface area contributed by atoms with Gasteiger partial charge in [0.05, 0.1) is 25.1 Å². The Labute approximate surface area is 146 Å². The molecule has 1 aliphatic heterocycles. The lowest BCUT2D eigenvalue weighted by atomic mass is 10.0. The van der Waals surface area contributed by atoms with Crippen molar-refractivity contribution < 1.29 is 31.5 Å². The van der Waals surface area contributed by atoms with Crippen molar-refractivity contribution in [3.8, 4) is 5.75 Å². The van der Waals surface area contributed by atoms with Crippen molar-refractivity contribution >= 4 is 11.7 Å². The van der Waals surface area contributed by atoms with E-state index >= 15 is 0 Å². The molecule has 138 valence electrons. The fourth-order valence-corrected chi connectivity index (χ4v) is 2.64. The minimum absolute atomic E-state index is 0.00765. The summed E-state index contributed by atoms with van der Waals surface area (Å²) < 4.78 is 70.4. The second-order valence-electron chi connectivity index (χ2n) is 6.06. The number of rotatable bonds is 4. The lowest BCUT2D eigenvalue weighted by Gasteiger charge is -2.40. The van der Waals surface area contributed by atoms with Crippen LogP contribution in [-0.2, 0) is 17.4 Å². The number of hydrogen-bond donors (Lipinski definition) is 0. The maximum Gasteiger partial charge on any atom is 0.416 e. The molecule has 0 amide bonds. The molecule has 0 saturated carbocycles. The van der Waals surface area contributed by atoms with E-state index in [1.807, 2.05) is 0 Å². The molecule has 0 N–H and O–H groups in total. The zero-order chi connectivity index (χ0) is 18.9. The summed E-state index contributed by atoms with van der Waals surface area (Å²) in [5.74, 6) is -3.39. The van der Waals surface area contributed by atoms with Gasteiger partial charge >= 0.3 is 12.1 Å². The second kappa shape index (κ2) is 6.59. The third-order valence-electron chi connectivity index (χ3n) is 3.84. The number of benzene rings is 2. The predicted molar refractivity (Wildman–Crippen MR) is 84.4 cm³/mol. The first-order valence-corrected chi connectivity index (χ1v) is 7.72. The number of carbonyl (C=O) groups excluding carboxylic acids is 1. The van der Waals surface area contributed by atoms with Crippen LogP contribution in [-0.4, -0.2) is 25.0 Å². The Morgan fingerprint density at radius 1 is 1.08 bits per heavy atom. The molecule has 2 aromatic carbocycles. The standard InChI is InChI=1S/C18H14F5NO2/c19-17(20)10-24(11-17)14-7-12(6-13(9-14)18(21,22)23)8-16(25)26-15-4-2-1-3-5-15/h1-7,9H,8,10-11H2. The first-order chi connectivity index (χ1) is 12.1. The van der Waals surface area contributed by atoms with Gasteiger partial charge in [0, 0.05) is 5.69 Å². The van der Waals surface area contributed by atoms with E-state index < -0.39 is 43.1 Å². The van der Waals surface area contributed by atoms with Crippen molar-refractivity contribution in [3.63, 3.8) is 0 Å². The highest BCUT2D eigenvalue weighted by Crippen LogP contribution is 2.37. The summed E-state index contributed by atoms with van der Waals surface area (Å²) in [6, 6.07) is 11.0. The lowest BCUT2D eigenvalue weighted by molar-refractivity contribution is -0.138. The molecule has 0 unspecified atom stereocenters. The average Bonchev–Trinajstić information content (AvgIpc) is 2.52. The van der Waals surface area contributed by atoms with Crippen LogP contribution in [0.15, 0.2) is 48.5 Å². The zero-order valence-corrected chi connectivity index (χ0v) is 13.4. The van der Waals surface area contributed by atoms with E-state index in [1.165, 1.54) is 18.2 Å². The van der Waals surface area contributed by atoms with E-state index in [-0.39, 0.29) is 17.0 Å². The Kier molecular flexibility index (Phi) is 4.60. The van der Waals surface area contributed by atoms with Crippen LogP contribution in [0.3, 0.4) is 0 Å². The molecule has 0 aromatic heterocycles. The Hall–Kier alpha value is -2.64. The Morgan fingerprint density at radius 3 is 2.31 bits per heavy atom. The second-order valence-corrected chi connectivity index (χ2v) is 6.06. The molecule has 8 heteroatoms. The predicted octanol–water partition coefficient (Wildman–Crippen LogP) is 4.31. The van der Waals surface area contributed by atoms with Gasteiger partial charge in [-0.1, -0.05) is 18.2 Å². The number of esters is 1. The minimum atomic E-state index is -4.65. The summed E-state index contributed by atoms with van der Waals surface area (Å²) in [4.78, 5) is 13.1. The van der Waals surface area contributed by atoms with Gasteiger partial charge in [-0.05, 0) is 35.9 Å². The van der Waals surface area contributed by atoms with Crippen molar-refractivity contribution in [3.05, 3.63) is 59.7 Å². The highest BCUT2D eigenvalue weighted by atomic mass is 19.4. The molecule has 3 rings (SSSR count). The van der Waals surface area contributed by atoms with Crippen LogP contribution in [0.1, 0.15) is 11.1 Å². The molecule has 2 aromatic rings. The third kappa shape index (κ3) is 4.30. The van der Waals surface area contributed by atoms with Crippen LogP contribution in [0.2, 0.25) is 0 Å². The molecule has 0 aliphatic carbocycles. The molecule has 0 bridgehead atoms. The van der Waals surface area contributed by atoms with Gasteiger partial charge in [0.15, 0.2) is 0 Å². The van der Waals surface area contributed by atoms with Crippen molar-refractivity contribution in [1.82, 2.24) is 0 Å². The maximum atomic E-state index is 13.1. The van der Waals surface area contributed by atoms with Crippen LogP contribution in [0.4, 0.5) is 27.6 Å². The molecular formula is C18H14F5NO2. The van der Waals surface area contributed by atoms with E-state index in [4.69, 9.17) is 4.74 Å². The van der Waals surface area contributed by atoms with Gasteiger partial charge in [0.25, 0.3) is 5.92 Å². The lowest BCUT2D eigenvalue weighted by Crippen LogP contribution is -2.56. The maximum absolute atomic E-state index is 13.1. The Balaban J connectivity index is 1.80. The number of ether oxygens (including phenoxy) is 1. The number of nitrogens with zero attached hydrogens (tertiary/aromatic N) is 1. The molecule has 1 aliphatic rings. The van der Waals surface area contributed by atoms with Gasteiger partial charge in [-0.3, -0.25) is 4.79 Å². The summed E-state index contributed by atoms with van der Waals surface area (Å²) in [6.07, 6.45) is -5.06. The SMILES string of the molecule is O=C(Cc1cc(N2CC(F)(F)C2)cc(C(F)(F)F)c1)Oc1ccccc1. The van der Waals surface area contributed by atoms with E-state index in [0.717, 1.165) is 17.0 Å². The molecular weight excluding hydrogens is 357 g/mol. The molecule has 1 fully saturated rings. The van der Waals surface area contributed by atoms with Crippen LogP contribution in [0, 0.1) is 0 Å². The summed E-state index contributed by atoms with van der Waals surface area (Å²) >= 11 is 0. The van der Waals surface area contributed by atoms with Crippen molar-refractivity contribution in [1.29, 1.82) is 0 Å². The largest absolute Gasteiger partial charge is 0.426 e. The number of halogens is 5. The molecule has 26 heavy (non-hydrogen) atoms. The third-order valence-corrected chi connectivity index (χ3v) is 3.84. The van der Waals surface area contributed by atoms with Crippen LogP contribution in [0.25, 0.3) is 0 Å². The van der Waals surface area contributed by atoms with Crippen LogP contribution >= 0.6 is 0 Å². The monoisotopic (exact) mass is 371 g/mol. The van der Waals surface area contributed by atoms with E-state index in [0.29, 0.717) is 0 Å². The Bertz CT molecular complexity index is 797. The van der Waals surface area contributed by atoms with Crippen LogP contribution in [0.5, 0.6) is 5.75 Å². The van der Waals surface area contributed by atoms with Crippen LogP contribution < -0.4 is 9.64 Å². The number of hydrogen-bond acceptors (Lipinski definition) is 3. The first-order valence-electron chi connectivity index (χ1n) is 7.72. The van der Waals surface area contributed by atoms with Gasteiger partial charge in [0.2, 0.25) is 0 Å². The van der Waals surface area contributed by atoms with Crippen molar-refractivity contribution in [2.24, 2.45) is 0 Å². The summed E-state index contributed by atoms with van der Waals surface area (Å²) in [5, 5.41) is 0. The van der Waals surface area contributed by atoms with Crippen molar-refractivity contribution in [2.75, 3.05) is 18.0 Å². The van der Waals surface area contributed by atoms with E-state index in [2.05, 4.69) is 0 Å². The van der Waals surface area contributed by atoms with Gasteiger partial charge < -0.3 is 9.64 Å². The molecule has 0 radical (unpaired) electrons. The topological polar surface area (TPSA) is 29.5 Å². The fourth-order valence-electron chi connectivity index (χ4n) is 2.64. The molecule has 3 nitrogen and oxygen atoms in total. The molecule has 0 spiro atoms. The highest BCUT2D eigenvalue weighted by Gasteiger charge is 2.44. The van der Waals surface area contributed by atoms with Crippen molar-refractivity contribution in [2.45, 2.75) is 18.5 Å². The quantitative estimate of drug-likeness (QED) is 0.456. The van der Waals surface area contributed by atoms with E-state index in [9.17, 15) is 26.7 Å². The zero-order valence-electron chi connectivity index (χ0n) is 13.4. The smallest absolute Gasteiger partial charge is 0.416 e. The molecule has 0 atom stereocenters. The van der Waals surface area contributed by atoms with Gasteiger partial charge in [-0.2, -0.15) is 13.2 Å². The number of alkyl halides is 5. The summed E-state index contributed by atoms with van der Waals surface area (Å²) in [6.45, 7) is -1.30. The molecule has 1 heterocycles. The highest BCUT2D eigenvalue weighted by molar-refractivity contribution is 5.76. The molecule has 1 saturated heterocycles. The van der Waals surface area contributed by atoms with Gasteiger partial charge in [-0.15, -0.1) is 0 Å². The Morgan fingerprint density at radius 2 is 1.73 bits per heavy atom.